The van der Waals surface area contributed by atoms with Crippen LogP contribution in [0.3, 0.4) is 0 Å². The normalized spacial score (nSPS) is 10.3. The zero-order valence-corrected chi connectivity index (χ0v) is 11.5. The van der Waals surface area contributed by atoms with Gasteiger partial charge in [0.15, 0.2) is 4.96 Å². The summed E-state index contributed by atoms with van der Waals surface area (Å²) in [7, 11) is 0. The van der Waals surface area contributed by atoms with Crippen molar-refractivity contribution in [2.24, 2.45) is 0 Å². The molecule has 0 aliphatic carbocycles. The van der Waals surface area contributed by atoms with Crippen molar-refractivity contribution in [3.05, 3.63) is 38.3 Å². The summed E-state index contributed by atoms with van der Waals surface area (Å²) in [6.07, 6.45) is 0. The fourth-order valence-corrected chi connectivity index (χ4v) is 3.35. The summed E-state index contributed by atoms with van der Waals surface area (Å²) in [4.78, 5) is 17.9. The van der Waals surface area contributed by atoms with Crippen LogP contribution in [0.4, 0.5) is 5.82 Å². The molecule has 0 aliphatic rings. The van der Waals surface area contributed by atoms with Gasteiger partial charge < -0.3 is 5.73 Å². The van der Waals surface area contributed by atoms with Gasteiger partial charge in [-0.05, 0) is 11.4 Å². The molecule has 0 unspecified atom stereocenters. The third kappa shape index (κ3) is 1.60. The van der Waals surface area contributed by atoms with Crippen molar-refractivity contribution in [2.45, 2.75) is 0 Å². The van der Waals surface area contributed by atoms with Gasteiger partial charge in [0.25, 0.3) is 5.56 Å². The monoisotopic (exact) mass is 299 g/mol. The number of thiophene rings is 1. The largest absolute Gasteiger partial charge is 0.383 e. The van der Waals surface area contributed by atoms with E-state index in [9.17, 15) is 10.1 Å². The van der Waals surface area contributed by atoms with E-state index in [2.05, 4.69) is 4.98 Å². The van der Waals surface area contributed by atoms with Crippen molar-refractivity contribution in [1.82, 2.24) is 9.38 Å². The van der Waals surface area contributed by atoms with Crippen LogP contribution < -0.4 is 11.3 Å². The van der Waals surface area contributed by atoms with Gasteiger partial charge in [-0.2, -0.15) is 10.5 Å². The summed E-state index contributed by atoms with van der Waals surface area (Å²) in [6.45, 7) is 0. The average Bonchev–Trinajstić information content (AvgIpc) is 3.06. The van der Waals surface area contributed by atoms with Crippen LogP contribution in [0.2, 0.25) is 0 Å². The molecule has 20 heavy (non-hydrogen) atoms. The van der Waals surface area contributed by atoms with Crippen molar-refractivity contribution >= 4 is 33.5 Å². The fraction of sp³-hybridized carbons (Fsp3) is 0. The van der Waals surface area contributed by atoms with Gasteiger partial charge in [-0.1, -0.05) is 17.4 Å². The first kappa shape index (κ1) is 12.4. The highest BCUT2D eigenvalue weighted by Crippen LogP contribution is 2.28. The fourth-order valence-electron chi connectivity index (χ4n) is 1.80. The standard InChI is InChI=1S/C12H5N5OS2/c13-4-6-9(7-2-1-3-19-7)16-12-17(11(6)18)10(15)8(5-14)20-12/h1-3H,15H2. The number of hydrogen-bond donors (Lipinski definition) is 1. The number of thiazole rings is 1. The summed E-state index contributed by atoms with van der Waals surface area (Å²) in [6, 6.07) is 7.39. The molecular weight excluding hydrogens is 294 g/mol. The minimum Gasteiger partial charge on any atom is -0.383 e. The number of hydrogen-bond acceptors (Lipinski definition) is 7. The quantitative estimate of drug-likeness (QED) is 0.737. The minimum atomic E-state index is -0.545. The zero-order chi connectivity index (χ0) is 14.3. The summed E-state index contributed by atoms with van der Waals surface area (Å²) in [5.41, 5.74) is 5.46. The van der Waals surface area contributed by atoms with Gasteiger partial charge in [0.05, 0.1) is 4.88 Å². The lowest BCUT2D eigenvalue weighted by atomic mass is 10.2. The van der Waals surface area contributed by atoms with Crippen LogP contribution in [-0.2, 0) is 0 Å². The highest BCUT2D eigenvalue weighted by atomic mass is 32.1. The molecule has 0 spiro atoms. The van der Waals surface area contributed by atoms with Crippen molar-refractivity contribution in [3.63, 3.8) is 0 Å². The van der Waals surface area contributed by atoms with Crippen molar-refractivity contribution in [1.29, 1.82) is 10.5 Å². The van der Waals surface area contributed by atoms with E-state index in [0.29, 0.717) is 10.7 Å². The van der Waals surface area contributed by atoms with Gasteiger partial charge in [0.2, 0.25) is 0 Å². The van der Waals surface area contributed by atoms with Crippen LogP contribution in [-0.4, -0.2) is 9.38 Å². The molecule has 2 N–H and O–H groups in total. The van der Waals surface area contributed by atoms with Gasteiger partial charge in [-0.15, -0.1) is 11.3 Å². The first-order valence-corrected chi connectivity index (χ1v) is 7.06. The Hall–Kier alpha value is -2.68. The first-order chi connectivity index (χ1) is 9.67. The number of nitrogen functional groups attached to an aromatic ring is 1. The molecule has 8 heteroatoms. The van der Waals surface area contributed by atoms with E-state index in [1.165, 1.54) is 11.3 Å². The topological polar surface area (TPSA) is 108 Å². The Kier molecular flexibility index (Phi) is 2.75. The van der Waals surface area contributed by atoms with Crippen LogP contribution in [0, 0.1) is 22.7 Å². The van der Waals surface area contributed by atoms with Gasteiger partial charge in [-0.3, -0.25) is 4.79 Å². The molecule has 0 aliphatic heterocycles. The molecule has 0 amide bonds. The second-order valence-electron chi connectivity index (χ2n) is 3.78. The first-order valence-electron chi connectivity index (χ1n) is 5.36. The number of aromatic nitrogens is 2. The Balaban J connectivity index is 2.49. The lowest BCUT2D eigenvalue weighted by Gasteiger charge is -2.01. The predicted octanol–water partition coefficient (Wildman–Crippen LogP) is 1.81. The molecule has 3 aromatic rings. The molecule has 0 aromatic carbocycles. The van der Waals surface area contributed by atoms with Gasteiger partial charge >= 0.3 is 0 Å². The molecule has 3 heterocycles. The van der Waals surface area contributed by atoms with E-state index >= 15 is 0 Å². The Bertz CT molecular complexity index is 953. The summed E-state index contributed by atoms with van der Waals surface area (Å²) >= 11 is 2.42. The van der Waals surface area contributed by atoms with E-state index < -0.39 is 5.56 Å². The molecule has 6 nitrogen and oxygen atoms in total. The van der Waals surface area contributed by atoms with Crippen LogP contribution >= 0.6 is 22.7 Å². The van der Waals surface area contributed by atoms with Gasteiger partial charge in [0, 0.05) is 0 Å². The van der Waals surface area contributed by atoms with Crippen LogP contribution in [0.1, 0.15) is 10.4 Å². The smallest absolute Gasteiger partial charge is 0.278 e. The Labute approximate surface area is 120 Å². The molecule has 96 valence electrons. The van der Waals surface area contributed by atoms with Gasteiger partial charge in [-0.25, -0.2) is 9.38 Å². The highest BCUT2D eigenvalue weighted by Gasteiger charge is 2.19. The second-order valence-corrected chi connectivity index (χ2v) is 5.70. The molecule has 0 saturated carbocycles. The van der Waals surface area contributed by atoms with E-state index in [4.69, 9.17) is 11.0 Å². The molecule has 3 aromatic heterocycles. The minimum absolute atomic E-state index is 0.0271. The van der Waals surface area contributed by atoms with E-state index in [-0.39, 0.29) is 16.3 Å². The second kappa shape index (κ2) is 4.46. The molecular formula is C12H5N5OS2. The third-order valence-corrected chi connectivity index (χ3v) is 4.52. The predicted molar refractivity (Wildman–Crippen MR) is 76.5 cm³/mol. The van der Waals surface area contributed by atoms with Crippen LogP contribution in [0.15, 0.2) is 22.3 Å². The van der Waals surface area contributed by atoms with E-state index in [1.807, 2.05) is 23.6 Å². The zero-order valence-electron chi connectivity index (χ0n) is 9.82. The average molecular weight is 299 g/mol. The molecule has 0 radical (unpaired) electrons. The Morgan fingerprint density at radius 2 is 2.15 bits per heavy atom. The SMILES string of the molecule is N#Cc1sc2nc(-c3cccs3)c(C#N)c(=O)n2c1N. The number of nitriles is 2. The van der Waals surface area contributed by atoms with Crippen molar-refractivity contribution in [2.75, 3.05) is 5.73 Å². The van der Waals surface area contributed by atoms with Crippen LogP contribution in [0.25, 0.3) is 15.5 Å². The number of nitrogens with two attached hydrogens (primary N) is 1. The maximum Gasteiger partial charge on any atom is 0.278 e. The molecule has 0 atom stereocenters. The van der Waals surface area contributed by atoms with Gasteiger partial charge in [0.1, 0.15) is 34.1 Å². The lowest BCUT2D eigenvalue weighted by Crippen LogP contribution is -2.19. The van der Waals surface area contributed by atoms with E-state index in [1.54, 1.807) is 6.07 Å². The number of nitrogens with zero attached hydrogens (tertiary/aromatic N) is 4. The maximum atomic E-state index is 12.3. The molecule has 0 fully saturated rings. The Morgan fingerprint density at radius 1 is 1.35 bits per heavy atom. The van der Waals surface area contributed by atoms with Crippen molar-refractivity contribution in [3.8, 4) is 22.7 Å². The molecule has 0 bridgehead atoms. The number of fused-ring (bicyclic) bond motifs is 1. The number of anilines is 1. The highest BCUT2D eigenvalue weighted by molar-refractivity contribution is 7.18. The summed E-state index contributed by atoms with van der Waals surface area (Å²) in [5.74, 6) is 0.0271. The Morgan fingerprint density at radius 3 is 2.75 bits per heavy atom. The maximum absolute atomic E-state index is 12.3. The van der Waals surface area contributed by atoms with Crippen LogP contribution in [0.5, 0.6) is 0 Å². The van der Waals surface area contributed by atoms with Crippen molar-refractivity contribution < 1.29 is 0 Å². The summed E-state index contributed by atoms with van der Waals surface area (Å²) < 4.78 is 1.11. The molecule has 0 saturated heterocycles. The summed E-state index contributed by atoms with van der Waals surface area (Å²) in [5, 5.41) is 20.0. The number of rotatable bonds is 1. The molecule has 3 rings (SSSR count). The lowest BCUT2D eigenvalue weighted by molar-refractivity contribution is 1.08. The third-order valence-electron chi connectivity index (χ3n) is 2.69. The van der Waals surface area contributed by atoms with E-state index in [0.717, 1.165) is 20.6 Å².